The normalized spacial score (nSPS) is 14.4. The van der Waals surface area contributed by atoms with Gasteiger partial charge in [-0.15, -0.1) is 11.3 Å². The highest BCUT2D eigenvalue weighted by Gasteiger charge is 2.32. The molecular formula is C20H20ClNO6S. The summed E-state index contributed by atoms with van der Waals surface area (Å²) in [4.78, 5) is 35.0. The molecule has 1 aromatic carbocycles. The number of nitrogens with zero attached hydrogens (tertiary/aromatic N) is 1. The molecule has 1 aliphatic heterocycles. The minimum atomic E-state index is -1.26. The summed E-state index contributed by atoms with van der Waals surface area (Å²) >= 11 is 8.07. The van der Waals surface area contributed by atoms with Crippen molar-refractivity contribution in [2.75, 3.05) is 13.7 Å². The standard InChI is InChI=1S/C16H16ClNO2S.C4H4O4/c1-20-16(19)15(12-4-2-3-5-13(12)17)18-8-6-14-11(10-18)7-9-21-14;5-3(6)1-2-4(7)8/h2-5,7,9,15H,6,8,10H2,1H3;1-2H,(H,5,6)(H,7,8)/b;2-1+/t15-;/m1./s1. The van der Waals surface area contributed by atoms with E-state index in [0.717, 1.165) is 25.1 Å². The van der Waals surface area contributed by atoms with Crippen molar-refractivity contribution in [2.24, 2.45) is 0 Å². The van der Waals surface area contributed by atoms with E-state index < -0.39 is 18.0 Å². The van der Waals surface area contributed by atoms with Gasteiger partial charge in [-0.3, -0.25) is 4.90 Å². The zero-order valence-electron chi connectivity index (χ0n) is 15.6. The highest BCUT2D eigenvalue weighted by molar-refractivity contribution is 7.10. The van der Waals surface area contributed by atoms with E-state index in [1.807, 2.05) is 24.3 Å². The molecule has 0 radical (unpaired) electrons. The predicted molar refractivity (Wildman–Crippen MR) is 109 cm³/mol. The number of halogens is 1. The number of hydrogen-bond acceptors (Lipinski definition) is 6. The summed E-state index contributed by atoms with van der Waals surface area (Å²) in [6.45, 7) is 1.59. The molecule has 0 unspecified atom stereocenters. The van der Waals surface area contributed by atoms with Crippen LogP contribution in [0.4, 0.5) is 0 Å². The third-order valence-electron chi connectivity index (χ3n) is 4.20. The van der Waals surface area contributed by atoms with Crippen molar-refractivity contribution >= 4 is 40.8 Å². The van der Waals surface area contributed by atoms with Crippen molar-refractivity contribution in [1.29, 1.82) is 0 Å². The van der Waals surface area contributed by atoms with E-state index in [4.69, 9.17) is 26.6 Å². The molecule has 154 valence electrons. The lowest BCUT2D eigenvalue weighted by Crippen LogP contribution is -2.38. The maximum atomic E-state index is 12.3. The number of methoxy groups -OCH3 is 1. The summed E-state index contributed by atoms with van der Waals surface area (Å²) in [5.41, 5.74) is 2.11. The molecule has 3 rings (SSSR count). The maximum absolute atomic E-state index is 12.3. The molecule has 29 heavy (non-hydrogen) atoms. The molecule has 1 aromatic heterocycles. The molecular weight excluding hydrogens is 418 g/mol. The molecule has 1 aliphatic rings. The van der Waals surface area contributed by atoms with E-state index in [1.54, 1.807) is 11.3 Å². The number of carbonyl (C=O) groups excluding carboxylic acids is 1. The molecule has 2 heterocycles. The quantitative estimate of drug-likeness (QED) is 0.545. The van der Waals surface area contributed by atoms with Crippen LogP contribution < -0.4 is 0 Å². The Kier molecular flexibility index (Phi) is 8.38. The third kappa shape index (κ3) is 6.42. The van der Waals surface area contributed by atoms with Gasteiger partial charge in [-0.1, -0.05) is 29.8 Å². The second-order valence-corrected chi connectivity index (χ2v) is 7.45. The molecule has 7 nitrogen and oxygen atoms in total. The second kappa shape index (κ2) is 10.8. The van der Waals surface area contributed by atoms with Crippen LogP contribution in [-0.4, -0.2) is 46.7 Å². The first kappa shape index (κ1) is 22.6. The van der Waals surface area contributed by atoms with Gasteiger partial charge in [-0.05, 0) is 35.1 Å². The fourth-order valence-corrected chi connectivity index (χ4v) is 4.04. The van der Waals surface area contributed by atoms with Gasteiger partial charge in [0.15, 0.2) is 0 Å². The zero-order chi connectivity index (χ0) is 21.4. The van der Waals surface area contributed by atoms with Gasteiger partial charge in [0.1, 0.15) is 6.04 Å². The van der Waals surface area contributed by atoms with Crippen molar-refractivity contribution in [3.63, 3.8) is 0 Å². The van der Waals surface area contributed by atoms with Crippen LogP contribution in [0.2, 0.25) is 5.02 Å². The Balaban J connectivity index is 0.000000321. The largest absolute Gasteiger partial charge is 0.478 e. The van der Waals surface area contributed by atoms with Crippen LogP contribution in [0.15, 0.2) is 47.9 Å². The number of carboxylic acids is 2. The van der Waals surface area contributed by atoms with E-state index >= 15 is 0 Å². The van der Waals surface area contributed by atoms with Crippen molar-refractivity contribution in [1.82, 2.24) is 4.90 Å². The summed E-state index contributed by atoms with van der Waals surface area (Å²) < 4.78 is 5.01. The Morgan fingerprint density at radius 2 is 1.83 bits per heavy atom. The zero-order valence-corrected chi connectivity index (χ0v) is 17.2. The molecule has 0 fully saturated rings. The van der Waals surface area contributed by atoms with Crippen LogP contribution in [0, 0.1) is 0 Å². The Bertz CT molecular complexity index is 894. The van der Waals surface area contributed by atoms with Gasteiger partial charge in [-0.25, -0.2) is 14.4 Å². The van der Waals surface area contributed by atoms with Gasteiger partial charge in [0, 0.05) is 35.1 Å². The van der Waals surface area contributed by atoms with Crippen LogP contribution >= 0.6 is 22.9 Å². The monoisotopic (exact) mass is 437 g/mol. The second-order valence-electron chi connectivity index (χ2n) is 6.05. The lowest BCUT2D eigenvalue weighted by molar-refractivity contribution is -0.147. The van der Waals surface area contributed by atoms with Gasteiger partial charge in [-0.2, -0.15) is 0 Å². The average molecular weight is 438 g/mol. The van der Waals surface area contributed by atoms with Crippen LogP contribution in [-0.2, 0) is 32.1 Å². The molecule has 1 atom stereocenters. The van der Waals surface area contributed by atoms with Crippen molar-refractivity contribution in [3.8, 4) is 0 Å². The molecule has 0 aliphatic carbocycles. The highest BCUT2D eigenvalue weighted by Crippen LogP contribution is 2.33. The van der Waals surface area contributed by atoms with Crippen molar-refractivity contribution in [2.45, 2.75) is 19.0 Å². The lowest BCUT2D eigenvalue weighted by atomic mass is 10.0. The number of hydrogen-bond donors (Lipinski definition) is 2. The first-order valence-corrected chi connectivity index (χ1v) is 9.84. The molecule has 0 bridgehead atoms. The number of aliphatic carboxylic acids is 2. The van der Waals surface area contributed by atoms with Gasteiger partial charge >= 0.3 is 17.9 Å². The van der Waals surface area contributed by atoms with Crippen LogP contribution in [0.25, 0.3) is 0 Å². The number of ether oxygens (including phenoxy) is 1. The van der Waals surface area contributed by atoms with Crippen LogP contribution in [0.1, 0.15) is 22.0 Å². The number of benzene rings is 1. The van der Waals surface area contributed by atoms with E-state index in [9.17, 15) is 14.4 Å². The Morgan fingerprint density at radius 1 is 1.17 bits per heavy atom. The molecule has 0 saturated carbocycles. The van der Waals surface area contributed by atoms with Crippen LogP contribution in [0.3, 0.4) is 0 Å². The SMILES string of the molecule is COC(=O)[C@@H](c1ccccc1Cl)N1CCc2sccc2C1.O=C(O)/C=C/C(=O)O. The summed E-state index contributed by atoms with van der Waals surface area (Å²) in [5.74, 6) is -2.78. The Labute approximate surface area is 176 Å². The first-order chi connectivity index (χ1) is 13.8. The number of fused-ring (bicyclic) bond motifs is 1. The van der Waals surface area contributed by atoms with E-state index in [0.29, 0.717) is 17.2 Å². The molecule has 0 saturated heterocycles. The lowest BCUT2D eigenvalue weighted by Gasteiger charge is -2.33. The van der Waals surface area contributed by atoms with Gasteiger partial charge in [0.25, 0.3) is 0 Å². The fraction of sp³-hybridized carbons (Fsp3) is 0.250. The number of carboxylic acid groups (broad SMARTS) is 2. The van der Waals surface area contributed by atoms with E-state index in [-0.39, 0.29) is 5.97 Å². The number of esters is 1. The first-order valence-electron chi connectivity index (χ1n) is 8.59. The smallest absolute Gasteiger partial charge is 0.328 e. The summed E-state index contributed by atoms with van der Waals surface area (Å²) in [6, 6.07) is 9.16. The average Bonchev–Trinajstić information content (AvgIpc) is 3.16. The van der Waals surface area contributed by atoms with Gasteiger partial charge < -0.3 is 14.9 Å². The summed E-state index contributed by atoms with van der Waals surface area (Å²) in [5, 5.41) is 18.3. The molecule has 2 N–H and O–H groups in total. The number of rotatable bonds is 5. The maximum Gasteiger partial charge on any atom is 0.328 e. The van der Waals surface area contributed by atoms with Gasteiger partial charge in [0.2, 0.25) is 0 Å². The van der Waals surface area contributed by atoms with Crippen molar-refractivity contribution < 1.29 is 29.3 Å². The molecule has 0 spiro atoms. The van der Waals surface area contributed by atoms with E-state index in [2.05, 4.69) is 16.3 Å². The minimum absolute atomic E-state index is 0.262. The number of thiophene rings is 1. The summed E-state index contributed by atoms with van der Waals surface area (Å²) in [6.07, 6.45) is 2.08. The topological polar surface area (TPSA) is 104 Å². The highest BCUT2D eigenvalue weighted by atomic mass is 35.5. The third-order valence-corrected chi connectivity index (χ3v) is 5.56. The number of carbonyl (C=O) groups is 3. The summed E-state index contributed by atoms with van der Waals surface area (Å²) in [7, 11) is 1.42. The van der Waals surface area contributed by atoms with Crippen LogP contribution in [0.5, 0.6) is 0 Å². The van der Waals surface area contributed by atoms with E-state index in [1.165, 1.54) is 17.6 Å². The minimum Gasteiger partial charge on any atom is -0.478 e. The molecule has 2 aromatic rings. The Hall–Kier alpha value is -2.68. The molecule has 9 heteroatoms. The van der Waals surface area contributed by atoms with Crippen molar-refractivity contribution in [3.05, 3.63) is 68.9 Å². The Morgan fingerprint density at radius 3 is 2.41 bits per heavy atom. The van der Waals surface area contributed by atoms with Gasteiger partial charge in [0.05, 0.1) is 7.11 Å². The molecule has 0 amide bonds. The fourth-order valence-electron chi connectivity index (χ4n) is 2.91. The predicted octanol–water partition coefficient (Wildman–Crippen LogP) is 3.39.